The van der Waals surface area contributed by atoms with Crippen molar-refractivity contribution in [3.63, 3.8) is 0 Å². The summed E-state index contributed by atoms with van der Waals surface area (Å²) in [5.41, 5.74) is 2.11. The first kappa shape index (κ1) is 18.9. The molecule has 1 amide bonds. The quantitative estimate of drug-likeness (QED) is 0.594. The molecule has 4 heteroatoms. The standard InChI is InChI=1S/C21H26N2O2/c1-16(21(25)22-13-8-14-23(2)3)18-11-7-12-19(15-18)20(24)17-9-5-4-6-10-17/h4-7,9-12,15-16H,8,13-14H2,1-3H3,(H,22,25). The number of carbonyl (C=O) groups is 2. The monoisotopic (exact) mass is 338 g/mol. The summed E-state index contributed by atoms with van der Waals surface area (Å²) in [5, 5.41) is 2.97. The summed E-state index contributed by atoms with van der Waals surface area (Å²) in [4.78, 5) is 27.0. The maximum atomic E-state index is 12.6. The highest BCUT2D eigenvalue weighted by atomic mass is 16.1. The maximum absolute atomic E-state index is 12.6. The van der Waals surface area contributed by atoms with E-state index < -0.39 is 0 Å². The molecule has 132 valence electrons. The molecule has 1 atom stereocenters. The fraction of sp³-hybridized carbons (Fsp3) is 0.333. The smallest absolute Gasteiger partial charge is 0.227 e. The van der Waals surface area contributed by atoms with Crippen molar-refractivity contribution in [3.8, 4) is 0 Å². The lowest BCUT2D eigenvalue weighted by Crippen LogP contribution is -2.30. The van der Waals surface area contributed by atoms with Crippen molar-refractivity contribution in [2.24, 2.45) is 0 Å². The largest absolute Gasteiger partial charge is 0.356 e. The third kappa shape index (κ3) is 5.54. The molecule has 2 aromatic carbocycles. The third-order valence-electron chi connectivity index (χ3n) is 4.16. The van der Waals surface area contributed by atoms with Gasteiger partial charge in [0.25, 0.3) is 0 Å². The second-order valence-electron chi connectivity index (χ2n) is 6.49. The fourth-order valence-corrected chi connectivity index (χ4v) is 2.62. The Morgan fingerprint density at radius 1 is 1.00 bits per heavy atom. The maximum Gasteiger partial charge on any atom is 0.227 e. The van der Waals surface area contributed by atoms with E-state index in [1.54, 1.807) is 18.2 Å². The van der Waals surface area contributed by atoms with Crippen LogP contribution in [0.4, 0.5) is 0 Å². The Balaban J connectivity index is 2.02. The summed E-state index contributed by atoms with van der Waals surface area (Å²) >= 11 is 0. The van der Waals surface area contributed by atoms with Crippen molar-refractivity contribution in [2.75, 3.05) is 27.2 Å². The normalized spacial score (nSPS) is 12.0. The first-order chi connectivity index (χ1) is 12.0. The van der Waals surface area contributed by atoms with Gasteiger partial charge in [-0.1, -0.05) is 48.5 Å². The predicted octanol–water partition coefficient (Wildman–Crippen LogP) is 3.09. The lowest BCUT2D eigenvalue weighted by Gasteiger charge is -2.14. The van der Waals surface area contributed by atoms with Crippen molar-refractivity contribution >= 4 is 11.7 Å². The zero-order chi connectivity index (χ0) is 18.2. The average Bonchev–Trinajstić information content (AvgIpc) is 2.64. The van der Waals surface area contributed by atoms with Gasteiger partial charge in [0.15, 0.2) is 5.78 Å². The Hall–Kier alpha value is -2.46. The molecule has 4 nitrogen and oxygen atoms in total. The van der Waals surface area contributed by atoms with E-state index >= 15 is 0 Å². The van der Waals surface area contributed by atoms with Crippen LogP contribution in [0.2, 0.25) is 0 Å². The summed E-state index contributed by atoms with van der Waals surface area (Å²) in [6.07, 6.45) is 0.915. The molecular formula is C21H26N2O2. The number of nitrogens with one attached hydrogen (secondary N) is 1. The van der Waals surface area contributed by atoms with Gasteiger partial charge in [0.2, 0.25) is 5.91 Å². The van der Waals surface area contributed by atoms with Crippen molar-refractivity contribution in [1.82, 2.24) is 10.2 Å². The van der Waals surface area contributed by atoms with E-state index in [4.69, 9.17) is 0 Å². The number of hydrogen-bond acceptors (Lipinski definition) is 3. The number of hydrogen-bond donors (Lipinski definition) is 1. The number of amides is 1. The number of nitrogens with zero attached hydrogens (tertiary/aromatic N) is 1. The van der Waals surface area contributed by atoms with Gasteiger partial charge in [0.1, 0.15) is 0 Å². The van der Waals surface area contributed by atoms with Gasteiger partial charge in [0.05, 0.1) is 5.92 Å². The highest BCUT2D eigenvalue weighted by Gasteiger charge is 2.17. The predicted molar refractivity (Wildman–Crippen MR) is 101 cm³/mol. The Morgan fingerprint density at radius 2 is 1.68 bits per heavy atom. The van der Waals surface area contributed by atoms with Gasteiger partial charge < -0.3 is 10.2 Å². The molecule has 2 aromatic rings. The Bertz CT molecular complexity index is 711. The van der Waals surface area contributed by atoms with Crippen molar-refractivity contribution in [1.29, 1.82) is 0 Å². The summed E-state index contributed by atoms with van der Waals surface area (Å²) in [7, 11) is 4.03. The van der Waals surface area contributed by atoms with Crippen LogP contribution in [0.1, 0.15) is 40.7 Å². The second-order valence-corrected chi connectivity index (χ2v) is 6.49. The Kier molecular flexibility index (Phi) is 6.90. The van der Waals surface area contributed by atoms with Crippen LogP contribution in [0.15, 0.2) is 54.6 Å². The van der Waals surface area contributed by atoms with E-state index in [-0.39, 0.29) is 17.6 Å². The van der Waals surface area contributed by atoms with Crippen LogP contribution in [0, 0.1) is 0 Å². The molecule has 25 heavy (non-hydrogen) atoms. The first-order valence-corrected chi connectivity index (χ1v) is 8.61. The lowest BCUT2D eigenvalue weighted by atomic mass is 9.95. The molecule has 0 aliphatic carbocycles. The molecule has 0 aromatic heterocycles. The van der Waals surface area contributed by atoms with Crippen LogP contribution in [-0.4, -0.2) is 43.8 Å². The fourth-order valence-electron chi connectivity index (χ4n) is 2.62. The molecular weight excluding hydrogens is 312 g/mol. The minimum atomic E-state index is -0.289. The molecule has 0 bridgehead atoms. The summed E-state index contributed by atoms with van der Waals surface area (Å²) in [6.45, 7) is 3.47. The minimum absolute atomic E-state index is 0.0110. The van der Waals surface area contributed by atoms with E-state index in [1.165, 1.54) is 0 Å². The van der Waals surface area contributed by atoms with Gasteiger partial charge in [-0.25, -0.2) is 0 Å². The Labute approximate surface area is 149 Å². The zero-order valence-electron chi connectivity index (χ0n) is 15.2. The summed E-state index contributed by atoms with van der Waals surface area (Å²) < 4.78 is 0. The molecule has 0 saturated carbocycles. The van der Waals surface area contributed by atoms with Crippen LogP contribution in [0.25, 0.3) is 0 Å². The van der Waals surface area contributed by atoms with Gasteiger partial charge in [0, 0.05) is 17.7 Å². The highest BCUT2D eigenvalue weighted by molar-refractivity contribution is 6.09. The summed E-state index contributed by atoms with van der Waals surface area (Å²) in [5.74, 6) is -0.327. The van der Waals surface area contributed by atoms with Gasteiger partial charge in [-0.3, -0.25) is 9.59 Å². The van der Waals surface area contributed by atoms with E-state index in [0.29, 0.717) is 17.7 Å². The van der Waals surface area contributed by atoms with Crippen LogP contribution < -0.4 is 5.32 Å². The highest BCUT2D eigenvalue weighted by Crippen LogP contribution is 2.19. The SMILES string of the molecule is CC(C(=O)NCCCN(C)C)c1cccc(C(=O)c2ccccc2)c1. The van der Waals surface area contributed by atoms with Crippen LogP contribution in [-0.2, 0) is 4.79 Å². The van der Waals surface area contributed by atoms with Crippen molar-refractivity contribution in [2.45, 2.75) is 19.3 Å². The molecule has 0 fully saturated rings. The Morgan fingerprint density at radius 3 is 2.36 bits per heavy atom. The van der Waals surface area contributed by atoms with E-state index in [9.17, 15) is 9.59 Å². The topological polar surface area (TPSA) is 49.4 Å². The number of benzene rings is 2. The van der Waals surface area contributed by atoms with E-state index in [1.807, 2.05) is 57.4 Å². The zero-order valence-corrected chi connectivity index (χ0v) is 15.2. The van der Waals surface area contributed by atoms with Gasteiger partial charge in [-0.15, -0.1) is 0 Å². The van der Waals surface area contributed by atoms with Crippen LogP contribution in [0.5, 0.6) is 0 Å². The van der Waals surface area contributed by atoms with Crippen molar-refractivity contribution in [3.05, 3.63) is 71.3 Å². The van der Waals surface area contributed by atoms with Gasteiger partial charge in [-0.05, 0) is 45.6 Å². The number of carbonyl (C=O) groups excluding carboxylic acids is 2. The molecule has 0 heterocycles. The number of rotatable bonds is 8. The van der Waals surface area contributed by atoms with Crippen LogP contribution >= 0.6 is 0 Å². The van der Waals surface area contributed by atoms with Gasteiger partial charge >= 0.3 is 0 Å². The first-order valence-electron chi connectivity index (χ1n) is 8.61. The average molecular weight is 338 g/mol. The minimum Gasteiger partial charge on any atom is -0.356 e. The molecule has 1 N–H and O–H groups in total. The number of ketones is 1. The molecule has 0 spiro atoms. The molecule has 0 aliphatic heterocycles. The van der Waals surface area contributed by atoms with Crippen molar-refractivity contribution < 1.29 is 9.59 Å². The third-order valence-corrected chi connectivity index (χ3v) is 4.16. The molecule has 1 unspecified atom stereocenters. The van der Waals surface area contributed by atoms with Gasteiger partial charge in [-0.2, -0.15) is 0 Å². The molecule has 0 saturated heterocycles. The van der Waals surface area contributed by atoms with E-state index in [2.05, 4.69) is 10.2 Å². The molecule has 0 aliphatic rings. The second kappa shape index (κ2) is 9.14. The summed E-state index contributed by atoms with van der Waals surface area (Å²) in [6, 6.07) is 16.5. The molecule has 0 radical (unpaired) electrons. The van der Waals surface area contributed by atoms with E-state index in [0.717, 1.165) is 18.5 Å². The molecule has 2 rings (SSSR count). The lowest BCUT2D eigenvalue weighted by molar-refractivity contribution is -0.122. The van der Waals surface area contributed by atoms with Crippen LogP contribution in [0.3, 0.4) is 0 Å².